The highest BCUT2D eigenvalue weighted by Gasteiger charge is 2.18. The number of ether oxygens (including phenoxy) is 2. The van der Waals surface area contributed by atoms with Gasteiger partial charge < -0.3 is 14.4 Å². The summed E-state index contributed by atoms with van der Waals surface area (Å²) in [4.78, 5) is 13.5. The van der Waals surface area contributed by atoms with Crippen molar-refractivity contribution in [2.75, 3.05) is 6.73 Å². The van der Waals surface area contributed by atoms with Gasteiger partial charge >= 0.3 is 6.09 Å². The largest absolute Gasteiger partial charge is 0.456 e. The highest BCUT2D eigenvalue weighted by molar-refractivity contribution is 5.71. The average molecular weight is 248 g/mol. The van der Waals surface area contributed by atoms with E-state index in [0.717, 1.165) is 0 Å². The Balaban J connectivity index is 1.87. The summed E-state index contributed by atoms with van der Waals surface area (Å²) in [6, 6.07) is 9.21. The molecule has 0 spiro atoms. The molecule has 18 heavy (non-hydrogen) atoms. The maximum Gasteiger partial charge on any atom is 0.419 e. The van der Waals surface area contributed by atoms with E-state index in [1.54, 1.807) is 30.5 Å². The first kappa shape index (κ1) is 12.3. The van der Waals surface area contributed by atoms with Crippen molar-refractivity contribution >= 4 is 6.09 Å². The van der Waals surface area contributed by atoms with Crippen LogP contribution in [0.25, 0.3) is 0 Å². The van der Waals surface area contributed by atoms with Gasteiger partial charge in [-0.05, 0) is 26.0 Å². The van der Waals surface area contributed by atoms with Crippen LogP contribution in [0.1, 0.15) is 13.8 Å². The highest BCUT2D eigenvalue weighted by Crippen LogP contribution is 2.13. The second kappa shape index (κ2) is 5.44. The standard InChI is InChI=1S/C13H16N2O3/c1-10(2)15-8-12(17-9-15)14-13(16)18-11-6-4-3-5-7-11/h3-8,10H,9H2,1-2H3,(H,14,16). The van der Waals surface area contributed by atoms with E-state index in [4.69, 9.17) is 9.47 Å². The molecular weight excluding hydrogens is 232 g/mol. The number of hydrogen-bond donors (Lipinski definition) is 1. The van der Waals surface area contributed by atoms with Gasteiger partial charge in [-0.2, -0.15) is 0 Å². The summed E-state index contributed by atoms with van der Waals surface area (Å²) in [6.07, 6.45) is 1.20. The Kier molecular flexibility index (Phi) is 3.72. The lowest BCUT2D eigenvalue weighted by atomic mass is 10.3. The van der Waals surface area contributed by atoms with Gasteiger partial charge in [0.25, 0.3) is 0 Å². The van der Waals surface area contributed by atoms with Crippen LogP contribution in [-0.4, -0.2) is 23.8 Å². The van der Waals surface area contributed by atoms with Gasteiger partial charge in [0.15, 0.2) is 6.73 Å². The molecule has 5 heteroatoms. The topological polar surface area (TPSA) is 50.8 Å². The molecule has 1 heterocycles. The number of para-hydroxylation sites is 1. The molecule has 0 saturated heterocycles. The average Bonchev–Trinajstić information content (AvgIpc) is 2.78. The van der Waals surface area contributed by atoms with Gasteiger partial charge in [-0.3, -0.25) is 5.32 Å². The summed E-state index contributed by atoms with van der Waals surface area (Å²) in [6.45, 7) is 4.54. The fourth-order valence-corrected chi connectivity index (χ4v) is 1.46. The lowest BCUT2D eigenvalue weighted by molar-refractivity contribution is 0.122. The van der Waals surface area contributed by atoms with Crippen molar-refractivity contribution in [1.29, 1.82) is 0 Å². The van der Waals surface area contributed by atoms with Gasteiger partial charge in [0.05, 0.1) is 6.20 Å². The van der Waals surface area contributed by atoms with Crippen LogP contribution >= 0.6 is 0 Å². The van der Waals surface area contributed by atoms with Gasteiger partial charge in [-0.15, -0.1) is 0 Å². The van der Waals surface area contributed by atoms with Crippen molar-refractivity contribution in [2.24, 2.45) is 0 Å². The molecule has 1 amide bonds. The predicted molar refractivity (Wildman–Crippen MR) is 66.6 cm³/mol. The monoisotopic (exact) mass is 248 g/mol. The van der Waals surface area contributed by atoms with Gasteiger partial charge in [0.2, 0.25) is 5.88 Å². The third-order valence-electron chi connectivity index (χ3n) is 2.49. The van der Waals surface area contributed by atoms with E-state index in [9.17, 15) is 4.79 Å². The molecule has 0 aliphatic carbocycles. The lowest BCUT2D eigenvalue weighted by Gasteiger charge is -2.16. The summed E-state index contributed by atoms with van der Waals surface area (Å²) in [7, 11) is 0. The molecule has 0 atom stereocenters. The second-order valence-electron chi connectivity index (χ2n) is 4.20. The molecule has 0 aromatic heterocycles. The van der Waals surface area contributed by atoms with Crippen LogP contribution in [0.2, 0.25) is 0 Å². The zero-order valence-corrected chi connectivity index (χ0v) is 10.4. The third-order valence-corrected chi connectivity index (χ3v) is 2.49. The fraction of sp³-hybridized carbons (Fsp3) is 0.308. The van der Waals surface area contributed by atoms with Crippen LogP contribution in [0.15, 0.2) is 42.4 Å². The minimum Gasteiger partial charge on any atom is -0.456 e. The zero-order valence-electron chi connectivity index (χ0n) is 10.4. The molecule has 2 rings (SSSR count). The number of nitrogens with zero attached hydrogens (tertiary/aromatic N) is 1. The highest BCUT2D eigenvalue weighted by atomic mass is 16.6. The van der Waals surface area contributed by atoms with E-state index in [-0.39, 0.29) is 0 Å². The molecule has 0 radical (unpaired) electrons. The molecule has 1 aliphatic heterocycles. The van der Waals surface area contributed by atoms with Gasteiger partial charge in [0.1, 0.15) is 5.75 Å². The van der Waals surface area contributed by atoms with Crippen molar-refractivity contribution in [3.63, 3.8) is 0 Å². The number of hydrogen-bond acceptors (Lipinski definition) is 4. The van der Waals surface area contributed by atoms with Gasteiger partial charge in [-0.1, -0.05) is 18.2 Å². The molecule has 0 unspecified atom stereocenters. The maximum absolute atomic E-state index is 11.6. The summed E-state index contributed by atoms with van der Waals surface area (Å²) in [5.74, 6) is 0.902. The quantitative estimate of drug-likeness (QED) is 0.891. The van der Waals surface area contributed by atoms with E-state index >= 15 is 0 Å². The van der Waals surface area contributed by atoms with Crippen molar-refractivity contribution < 1.29 is 14.3 Å². The Morgan fingerprint density at radius 1 is 1.39 bits per heavy atom. The first-order valence-electron chi connectivity index (χ1n) is 5.79. The Labute approximate surface area is 106 Å². The Bertz CT molecular complexity index is 443. The number of nitrogens with one attached hydrogen (secondary N) is 1. The maximum atomic E-state index is 11.6. The van der Waals surface area contributed by atoms with Crippen LogP contribution < -0.4 is 10.1 Å². The van der Waals surface area contributed by atoms with Crippen LogP contribution in [0.3, 0.4) is 0 Å². The number of amides is 1. The zero-order chi connectivity index (χ0) is 13.0. The summed E-state index contributed by atoms with van der Waals surface area (Å²) in [5.41, 5.74) is 0. The first-order valence-corrected chi connectivity index (χ1v) is 5.79. The number of rotatable bonds is 3. The van der Waals surface area contributed by atoms with Gasteiger partial charge in [0, 0.05) is 6.04 Å². The molecule has 96 valence electrons. The number of carbonyl (C=O) groups excluding carboxylic acids is 1. The predicted octanol–water partition coefficient (Wildman–Crippen LogP) is 2.27. The van der Waals surface area contributed by atoms with E-state index in [0.29, 0.717) is 24.4 Å². The van der Waals surface area contributed by atoms with Gasteiger partial charge in [-0.25, -0.2) is 4.79 Å². The van der Waals surface area contributed by atoms with Crippen LogP contribution in [0.5, 0.6) is 5.75 Å². The van der Waals surface area contributed by atoms with Crippen molar-refractivity contribution in [3.8, 4) is 5.75 Å². The first-order chi connectivity index (χ1) is 8.65. The molecule has 1 N–H and O–H groups in total. The van der Waals surface area contributed by atoms with E-state index < -0.39 is 6.09 Å². The molecule has 5 nitrogen and oxygen atoms in total. The molecule has 0 bridgehead atoms. The van der Waals surface area contributed by atoms with E-state index in [1.165, 1.54) is 0 Å². The summed E-state index contributed by atoms with van der Waals surface area (Å²) < 4.78 is 10.4. The van der Waals surface area contributed by atoms with Crippen molar-refractivity contribution in [1.82, 2.24) is 10.2 Å². The van der Waals surface area contributed by atoms with Crippen LogP contribution in [-0.2, 0) is 4.74 Å². The normalized spacial score (nSPS) is 14.2. The van der Waals surface area contributed by atoms with Crippen molar-refractivity contribution in [3.05, 3.63) is 42.4 Å². The summed E-state index contributed by atoms with van der Waals surface area (Å²) >= 11 is 0. The fourth-order valence-electron chi connectivity index (χ4n) is 1.46. The Morgan fingerprint density at radius 2 is 2.11 bits per heavy atom. The molecule has 0 saturated carbocycles. The summed E-state index contributed by atoms with van der Waals surface area (Å²) in [5, 5.41) is 2.55. The van der Waals surface area contributed by atoms with E-state index in [2.05, 4.69) is 5.32 Å². The van der Waals surface area contributed by atoms with Crippen molar-refractivity contribution in [2.45, 2.75) is 19.9 Å². The smallest absolute Gasteiger partial charge is 0.419 e. The van der Waals surface area contributed by atoms with Crippen LogP contribution in [0.4, 0.5) is 4.79 Å². The lowest BCUT2D eigenvalue weighted by Crippen LogP contribution is -2.26. The molecule has 1 aromatic carbocycles. The molecular formula is C13H16N2O3. The molecule has 0 fully saturated rings. The van der Waals surface area contributed by atoms with E-state index in [1.807, 2.05) is 24.8 Å². The van der Waals surface area contributed by atoms with Crippen LogP contribution in [0, 0.1) is 0 Å². The molecule has 1 aliphatic rings. The molecule has 1 aromatic rings. The Morgan fingerprint density at radius 3 is 2.72 bits per heavy atom. The minimum atomic E-state index is -0.557. The minimum absolute atomic E-state index is 0.328. The second-order valence-corrected chi connectivity index (χ2v) is 4.20. The Hall–Kier alpha value is -2.17. The third kappa shape index (κ3) is 3.16. The number of benzene rings is 1. The number of carbonyl (C=O) groups is 1. The SMILES string of the molecule is CC(C)N1C=C(NC(=O)Oc2ccccc2)OC1.